The summed E-state index contributed by atoms with van der Waals surface area (Å²) in [6, 6.07) is 1.71. The zero-order valence-corrected chi connectivity index (χ0v) is 7.92. The van der Waals surface area contributed by atoms with Gasteiger partial charge in [0.15, 0.2) is 0 Å². The number of aliphatic hydroxyl groups excluding tert-OH is 1. The van der Waals surface area contributed by atoms with Gasteiger partial charge in [0.1, 0.15) is 11.5 Å². The monoisotopic (exact) mass is 206 g/mol. The number of carbonyl (C=O) groups is 1. The van der Waals surface area contributed by atoms with Crippen LogP contribution in [0.5, 0.6) is 0 Å². The Kier molecular flexibility index (Phi) is 4.44. The standard InChI is InChI=1S/C8H12F2N2O2/c1-8(2,4-11)7(14)12-3-5(13)6(9)10/h5-6,13H,3H2,1-2H3,(H,12,14). The fourth-order valence-corrected chi connectivity index (χ4v) is 0.558. The summed E-state index contributed by atoms with van der Waals surface area (Å²) >= 11 is 0. The zero-order chi connectivity index (χ0) is 11.4. The number of hydrogen-bond donors (Lipinski definition) is 2. The number of nitrogens with one attached hydrogen (secondary N) is 1. The Balaban J connectivity index is 4.05. The van der Waals surface area contributed by atoms with Crippen molar-refractivity contribution in [2.24, 2.45) is 5.41 Å². The highest BCUT2D eigenvalue weighted by atomic mass is 19.3. The molecule has 0 fully saturated rings. The number of halogens is 2. The molecule has 0 heterocycles. The summed E-state index contributed by atoms with van der Waals surface area (Å²) in [7, 11) is 0. The first kappa shape index (κ1) is 12.8. The molecule has 6 heteroatoms. The number of hydrogen-bond acceptors (Lipinski definition) is 3. The van der Waals surface area contributed by atoms with E-state index in [-0.39, 0.29) is 0 Å². The molecule has 14 heavy (non-hydrogen) atoms. The Morgan fingerprint density at radius 2 is 2.14 bits per heavy atom. The van der Waals surface area contributed by atoms with Crippen molar-refractivity contribution in [3.05, 3.63) is 0 Å². The van der Waals surface area contributed by atoms with Crippen LogP contribution in [0.25, 0.3) is 0 Å². The molecule has 1 unspecified atom stereocenters. The zero-order valence-electron chi connectivity index (χ0n) is 7.92. The summed E-state index contributed by atoms with van der Waals surface area (Å²) < 4.78 is 23.6. The van der Waals surface area contributed by atoms with Crippen molar-refractivity contribution < 1.29 is 18.7 Å². The van der Waals surface area contributed by atoms with Gasteiger partial charge in [0.25, 0.3) is 6.43 Å². The van der Waals surface area contributed by atoms with Crippen LogP contribution in [0.1, 0.15) is 13.8 Å². The van der Waals surface area contributed by atoms with Crippen molar-refractivity contribution in [1.82, 2.24) is 5.32 Å². The minimum Gasteiger partial charge on any atom is -0.385 e. The normalized spacial score (nSPS) is 13.5. The van der Waals surface area contributed by atoms with E-state index in [1.54, 1.807) is 6.07 Å². The molecule has 0 aliphatic rings. The molecular weight excluding hydrogens is 194 g/mol. The van der Waals surface area contributed by atoms with Crippen molar-refractivity contribution >= 4 is 5.91 Å². The van der Waals surface area contributed by atoms with Crippen molar-refractivity contribution in [1.29, 1.82) is 5.26 Å². The van der Waals surface area contributed by atoms with Crippen LogP contribution in [0.2, 0.25) is 0 Å². The first-order valence-electron chi connectivity index (χ1n) is 3.97. The summed E-state index contributed by atoms with van der Waals surface area (Å²) in [5.74, 6) is -0.681. The van der Waals surface area contributed by atoms with Crippen LogP contribution in [0.3, 0.4) is 0 Å². The molecule has 1 atom stereocenters. The number of nitrogens with zero attached hydrogens (tertiary/aromatic N) is 1. The maximum Gasteiger partial charge on any atom is 0.265 e. The second-order valence-corrected chi connectivity index (χ2v) is 3.35. The first-order valence-corrected chi connectivity index (χ1v) is 3.97. The Hall–Kier alpha value is -1.22. The maximum atomic E-state index is 11.8. The number of rotatable bonds is 4. The predicted octanol–water partition coefficient (Wildman–Crippen LogP) is 0.278. The van der Waals surface area contributed by atoms with Crippen LogP contribution in [0.4, 0.5) is 8.78 Å². The minimum atomic E-state index is -2.90. The molecule has 0 radical (unpaired) electrons. The van der Waals surface area contributed by atoms with E-state index < -0.39 is 30.4 Å². The largest absolute Gasteiger partial charge is 0.385 e. The number of alkyl halides is 2. The van der Waals surface area contributed by atoms with Crippen molar-refractivity contribution in [3.8, 4) is 6.07 Å². The van der Waals surface area contributed by atoms with Gasteiger partial charge in [-0.25, -0.2) is 8.78 Å². The third-order valence-electron chi connectivity index (χ3n) is 1.61. The lowest BCUT2D eigenvalue weighted by atomic mass is 9.95. The third kappa shape index (κ3) is 3.66. The molecule has 0 bridgehead atoms. The van der Waals surface area contributed by atoms with Gasteiger partial charge >= 0.3 is 0 Å². The van der Waals surface area contributed by atoms with Gasteiger partial charge in [0.05, 0.1) is 6.07 Å². The molecule has 80 valence electrons. The van der Waals surface area contributed by atoms with Crippen molar-refractivity contribution in [3.63, 3.8) is 0 Å². The van der Waals surface area contributed by atoms with Gasteiger partial charge in [-0.05, 0) is 13.8 Å². The van der Waals surface area contributed by atoms with Gasteiger partial charge in [0, 0.05) is 6.54 Å². The van der Waals surface area contributed by atoms with Gasteiger partial charge in [-0.2, -0.15) is 5.26 Å². The van der Waals surface area contributed by atoms with Crippen LogP contribution < -0.4 is 5.32 Å². The van der Waals surface area contributed by atoms with Crippen LogP contribution >= 0.6 is 0 Å². The SMILES string of the molecule is CC(C)(C#N)C(=O)NCC(O)C(F)F. The second kappa shape index (κ2) is 4.86. The molecule has 0 aliphatic heterocycles. The Morgan fingerprint density at radius 1 is 1.64 bits per heavy atom. The summed E-state index contributed by atoms with van der Waals surface area (Å²) in [6.07, 6.45) is -4.80. The van der Waals surface area contributed by atoms with Gasteiger partial charge in [-0.3, -0.25) is 4.79 Å². The minimum absolute atomic E-state index is 0.554. The van der Waals surface area contributed by atoms with E-state index in [0.717, 1.165) is 0 Å². The molecule has 0 saturated carbocycles. The van der Waals surface area contributed by atoms with E-state index in [4.69, 9.17) is 10.4 Å². The first-order chi connectivity index (χ1) is 6.31. The number of amides is 1. The van der Waals surface area contributed by atoms with Gasteiger partial charge in [-0.1, -0.05) is 0 Å². The smallest absolute Gasteiger partial charge is 0.265 e. The highest BCUT2D eigenvalue weighted by Gasteiger charge is 2.28. The average Bonchev–Trinajstić information content (AvgIpc) is 2.13. The van der Waals surface area contributed by atoms with Crippen LogP contribution in [0, 0.1) is 16.7 Å². The van der Waals surface area contributed by atoms with Crippen LogP contribution in [-0.2, 0) is 4.79 Å². The molecule has 0 aliphatic carbocycles. The Morgan fingerprint density at radius 3 is 2.50 bits per heavy atom. The molecule has 4 nitrogen and oxygen atoms in total. The number of carbonyl (C=O) groups excluding carboxylic acids is 1. The Labute approximate surface area is 80.5 Å². The lowest BCUT2D eigenvalue weighted by molar-refractivity contribution is -0.127. The molecule has 0 spiro atoms. The fourth-order valence-electron chi connectivity index (χ4n) is 0.558. The van der Waals surface area contributed by atoms with Gasteiger partial charge in [0.2, 0.25) is 5.91 Å². The molecule has 0 aromatic rings. The van der Waals surface area contributed by atoms with Gasteiger partial charge in [-0.15, -0.1) is 0 Å². The lowest BCUT2D eigenvalue weighted by Gasteiger charge is -2.16. The third-order valence-corrected chi connectivity index (χ3v) is 1.61. The van der Waals surface area contributed by atoms with Crippen molar-refractivity contribution in [2.75, 3.05) is 6.54 Å². The van der Waals surface area contributed by atoms with E-state index in [2.05, 4.69) is 5.32 Å². The molecule has 0 rings (SSSR count). The highest BCUT2D eigenvalue weighted by molar-refractivity contribution is 5.84. The number of nitriles is 1. The summed E-state index contributed by atoms with van der Waals surface area (Å²) in [5.41, 5.74) is -1.28. The molecule has 1 amide bonds. The molecule has 0 aromatic heterocycles. The topological polar surface area (TPSA) is 73.1 Å². The summed E-state index contributed by atoms with van der Waals surface area (Å²) in [6.45, 7) is 2.16. The molecule has 0 saturated heterocycles. The van der Waals surface area contributed by atoms with E-state index >= 15 is 0 Å². The second-order valence-electron chi connectivity index (χ2n) is 3.35. The Bertz CT molecular complexity index is 248. The fraction of sp³-hybridized carbons (Fsp3) is 0.750. The highest BCUT2D eigenvalue weighted by Crippen LogP contribution is 2.12. The van der Waals surface area contributed by atoms with E-state index in [9.17, 15) is 13.6 Å². The van der Waals surface area contributed by atoms with E-state index in [1.807, 2.05) is 0 Å². The van der Waals surface area contributed by atoms with E-state index in [0.29, 0.717) is 0 Å². The quantitative estimate of drug-likeness (QED) is 0.693. The molecule has 0 aromatic carbocycles. The molecular formula is C8H12F2N2O2. The summed E-state index contributed by atoms with van der Waals surface area (Å²) in [5, 5.41) is 19.2. The number of aliphatic hydroxyl groups is 1. The van der Waals surface area contributed by atoms with Gasteiger partial charge < -0.3 is 10.4 Å². The lowest BCUT2D eigenvalue weighted by Crippen LogP contribution is -2.41. The maximum absolute atomic E-state index is 11.8. The van der Waals surface area contributed by atoms with Crippen LogP contribution in [-0.4, -0.2) is 30.1 Å². The summed E-state index contributed by atoms with van der Waals surface area (Å²) in [4.78, 5) is 11.1. The van der Waals surface area contributed by atoms with Crippen LogP contribution in [0.15, 0.2) is 0 Å². The predicted molar refractivity (Wildman–Crippen MR) is 44.4 cm³/mol. The van der Waals surface area contributed by atoms with Crippen molar-refractivity contribution in [2.45, 2.75) is 26.4 Å². The van der Waals surface area contributed by atoms with E-state index in [1.165, 1.54) is 13.8 Å². The molecule has 2 N–H and O–H groups in total. The average molecular weight is 206 g/mol.